The molecule has 3 aromatic rings. The maximum absolute atomic E-state index is 12.7. The van der Waals surface area contributed by atoms with Gasteiger partial charge in [-0.05, 0) is 36.8 Å². The molecule has 2 aromatic carbocycles. The van der Waals surface area contributed by atoms with Gasteiger partial charge in [0.1, 0.15) is 27.5 Å². The molecule has 7 nitrogen and oxygen atoms in total. The van der Waals surface area contributed by atoms with E-state index in [1.54, 1.807) is 21.3 Å². The largest absolute Gasteiger partial charge is 0.495 e. The highest BCUT2D eigenvalue weighted by atomic mass is 32.1. The quantitative estimate of drug-likeness (QED) is 0.520. The maximum Gasteiger partial charge on any atom is 0.252 e. The van der Waals surface area contributed by atoms with Crippen LogP contribution in [0.25, 0.3) is 10.2 Å². The van der Waals surface area contributed by atoms with Gasteiger partial charge in [-0.1, -0.05) is 23.5 Å². The van der Waals surface area contributed by atoms with Gasteiger partial charge in [0.25, 0.3) is 5.91 Å². The molecule has 1 heterocycles. The van der Waals surface area contributed by atoms with Crippen molar-refractivity contribution in [1.29, 1.82) is 0 Å². The first-order valence-corrected chi connectivity index (χ1v) is 10.5. The minimum absolute atomic E-state index is 0.208. The normalized spacial score (nSPS) is 11.7. The fourth-order valence-corrected chi connectivity index (χ4v) is 4.30. The second kappa shape index (κ2) is 10.3. The number of ether oxygens (including phenoxy) is 4. The van der Waals surface area contributed by atoms with Gasteiger partial charge in [0.2, 0.25) is 0 Å². The molecule has 0 N–H and O–H groups in total. The van der Waals surface area contributed by atoms with Gasteiger partial charge in [0.05, 0.1) is 33.9 Å². The monoisotopic (exact) mass is 430 g/mol. The molecule has 0 unspecified atom stereocenters. The van der Waals surface area contributed by atoms with Gasteiger partial charge < -0.3 is 23.5 Å². The molecule has 0 radical (unpaired) electrons. The van der Waals surface area contributed by atoms with Crippen LogP contribution in [0.15, 0.2) is 41.4 Å². The Morgan fingerprint density at radius 1 is 1.03 bits per heavy atom. The van der Waals surface area contributed by atoms with Crippen molar-refractivity contribution >= 4 is 27.5 Å². The molecule has 1 amide bonds. The van der Waals surface area contributed by atoms with Crippen molar-refractivity contribution in [3.8, 4) is 17.2 Å². The number of rotatable bonds is 9. The molecular formula is C22H26N2O5S. The SMILES string of the molecule is CCOc1ccc(CC(=O)N=c2sc3c(OC)ccc(OC)c3n2CCOC)cc1. The molecule has 30 heavy (non-hydrogen) atoms. The second-order valence-electron chi connectivity index (χ2n) is 6.44. The number of methoxy groups -OCH3 is 3. The Labute approximate surface area is 179 Å². The number of hydrogen-bond donors (Lipinski definition) is 0. The van der Waals surface area contributed by atoms with E-state index in [0.717, 1.165) is 21.5 Å². The standard InChI is InChI=1S/C22H26N2O5S/c1-5-29-16-8-6-15(7-9-16)14-19(25)23-22-24(12-13-26-2)20-17(27-3)10-11-18(28-4)21(20)30-22/h6-11H,5,12-14H2,1-4H3. The Bertz CT molecular complexity index is 1070. The number of nitrogens with zero attached hydrogens (tertiary/aromatic N) is 2. The first kappa shape index (κ1) is 21.9. The Morgan fingerprint density at radius 3 is 2.37 bits per heavy atom. The van der Waals surface area contributed by atoms with Crippen LogP contribution in [0.2, 0.25) is 0 Å². The van der Waals surface area contributed by atoms with Crippen LogP contribution in [0.3, 0.4) is 0 Å². The van der Waals surface area contributed by atoms with Gasteiger partial charge in [-0.25, -0.2) is 0 Å². The summed E-state index contributed by atoms with van der Waals surface area (Å²) in [7, 11) is 4.88. The van der Waals surface area contributed by atoms with Crippen molar-refractivity contribution in [3.05, 3.63) is 46.8 Å². The summed E-state index contributed by atoms with van der Waals surface area (Å²) in [6, 6.07) is 11.2. The molecule has 0 aliphatic rings. The summed E-state index contributed by atoms with van der Waals surface area (Å²) in [5, 5.41) is 0. The first-order chi connectivity index (χ1) is 14.6. The van der Waals surface area contributed by atoms with E-state index in [0.29, 0.717) is 36.1 Å². The van der Waals surface area contributed by atoms with Crippen molar-refractivity contribution in [2.24, 2.45) is 4.99 Å². The summed E-state index contributed by atoms with van der Waals surface area (Å²) in [6.45, 7) is 3.56. The van der Waals surface area contributed by atoms with Crippen LogP contribution in [0.5, 0.6) is 17.2 Å². The molecule has 0 atom stereocenters. The van der Waals surface area contributed by atoms with Gasteiger partial charge in [-0.2, -0.15) is 4.99 Å². The summed E-state index contributed by atoms with van der Waals surface area (Å²) in [5.41, 5.74) is 1.72. The lowest BCUT2D eigenvalue weighted by atomic mass is 10.1. The molecule has 0 aliphatic carbocycles. The zero-order valence-corrected chi connectivity index (χ0v) is 18.5. The summed E-state index contributed by atoms with van der Waals surface area (Å²) in [6.07, 6.45) is 0.208. The van der Waals surface area contributed by atoms with E-state index in [-0.39, 0.29) is 12.3 Å². The average molecular weight is 431 g/mol. The van der Waals surface area contributed by atoms with E-state index < -0.39 is 0 Å². The van der Waals surface area contributed by atoms with Crippen LogP contribution >= 0.6 is 11.3 Å². The average Bonchev–Trinajstić information content (AvgIpc) is 3.11. The van der Waals surface area contributed by atoms with Crippen LogP contribution in [-0.2, 0) is 22.5 Å². The molecule has 0 aliphatic heterocycles. The van der Waals surface area contributed by atoms with Crippen LogP contribution in [0, 0.1) is 0 Å². The highest BCUT2D eigenvalue weighted by Gasteiger charge is 2.16. The highest BCUT2D eigenvalue weighted by Crippen LogP contribution is 2.35. The number of aromatic nitrogens is 1. The van der Waals surface area contributed by atoms with E-state index in [1.807, 2.05) is 47.9 Å². The van der Waals surface area contributed by atoms with E-state index >= 15 is 0 Å². The summed E-state index contributed by atoms with van der Waals surface area (Å²) in [4.78, 5) is 17.7. The molecule has 8 heteroatoms. The third-order valence-electron chi connectivity index (χ3n) is 4.52. The molecule has 3 rings (SSSR count). The number of carbonyl (C=O) groups excluding carboxylic acids is 1. The van der Waals surface area contributed by atoms with E-state index in [2.05, 4.69) is 4.99 Å². The topological polar surface area (TPSA) is 71.3 Å². The first-order valence-electron chi connectivity index (χ1n) is 9.63. The lowest BCUT2D eigenvalue weighted by Gasteiger charge is -2.09. The predicted molar refractivity (Wildman–Crippen MR) is 117 cm³/mol. The van der Waals surface area contributed by atoms with Crippen LogP contribution in [0.1, 0.15) is 12.5 Å². The smallest absolute Gasteiger partial charge is 0.252 e. The lowest BCUT2D eigenvalue weighted by Crippen LogP contribution is -2.20. The van der Waals surface area contributed by atoms with Gasteiger partial charge in [-0.15, -0.1) is 0 Å². The third-order valence-corrected chi connectivity index (χ3v) is 5.61. The fraction of sp³-hybridized carbons (Fsp3) is 0.364. The summed E-state index contributed by atoms with van der Waals surface area (Å²) >= 11 is 1.40. The van der Waals surface area contributed by atoms with Crippen LogP contribution in [-0.4, -0.2) is 45.0 Å². The molecule has 1 aromatic heterocycles. The van der Waals surface area contributed by atoms with E-state index in [4.69, 9.17) is 18.9 Å². The number of benzene rings is 2. The predicted octanol–water partition coefficient (Wildman–Crippen LogP) is 3.44. The van der Waals surface area contributed by atoms with Crippen LogP contribution < -0.4 is 19.0 Å². The van der Waals surface area contributed by atoms with Gasteiger partial charge >= 0.3 is 0 Å². The van der Waals surface area contributed by atoms with E-state index in [9.17, 15) is 4.79 Å². The third kappa shape index (κ3) is 4.83. The molecule has 0 bridgehead atoms. The Kier molecular flexibility index (Phi) is 7.48. The number of amides is 1. The Balaban J connectivity index is 2.00. The molecule has 0 fully saturated rings. The Morgan fingerprint density at radius 2 is 1.73 bits per heavy atom. The van der Waals surface area contributed by atoms with Crippen molar-refractivity contribution in [2.75, 3.05) is 34.5 Å². The number of hydrogen-bond acceptors (Lipinski definition) is 6. The van der Waals surface area contributed by atoms with Crippen molar-refractivity contribution in [2.45, 2.75) is 19.9 Å². The second-order valence-corrected chi connectivity index (χ2v) is 7.41. The minimum atomic E-state index is -0.227. The fourth-order valence-electron chi connectivity index (χ4n) is 3.12. The Hall–Kier alpha value is -2.84. The van der Waals surface area contributed by atoms with E-state index in [1.165, 1.54) is 11.3 Å². The van der Waals surface area contributed by atoms with Gasteiger partial charge in [0.15, 0.2) is 4.80 Å². The zero-order chi connectivity index (χ0) is 21.5. The van der Waals surface area contributed by atoms with Crippen LogP contribution in [0.4, 0.5) is 0 Å². The molecular weight excluding hydrogens is 404 g/mol. The lowest BCUT2D eigenvalue weighted by molar-refractivity contribution is -0.117. The van der Waals surface area contributed by atoms with Crippen molar-refractivity contribution < 1.29 is 23.7 Å². The number of carbonyl (C=O) groups is 1. The molecule has 0 spiro atoms. The van der Waals surface area contributed by atoms with Gasteiger partial charge in [0, 0.05) is 13.7 Å². The minimum Gasteiger partial charge on any atom is -0.495 e. The number of thiazole rings is 1. The van der Waals surface area contributed by atoms with Gasteiger partial charge in [-0.3, -0.25) is 4.79 Å². The highest BCUT2D eigenvalue weighted by molar-refractivity contribution is 7.16. The van der Waals surface area contributed by atoms with Crippen molar-refractivity contribution in [1.82, 2.24) is 4.57 Å². The molecule has 160 valence electrons. The maximum atomic E-state index is 12.7. The summed E-state index contributed by atoms with van der Waals surface area (Å²) < 4.78 is 24.6. The molecule has 0 saturated carbocycles. The molecule has 0 saturated heterocycles. The van der Waals surface area contributed by atoms with Crippen molar-refractivity contribution in [3.63, 3.8) is 0 Å². The summed E-state index contributed by atoms with van der Waals surface area (Å²) in [5.74, 6) is 1.96. The zero-order valence-electron chi connectivity index (χ0n) is 17.6. The number of fused-ring (bicyclic) bond motifs is 1.